The molecule has 294 valence electrons. The van der Waals surface area contributed by atoms with Gasteiger partial charge in [0.15, 0.2) is 0 Å². The Morgan fingerprint density at radius 2 is 0.633 bits per heavy atom. The molecule has 0 unspecified atom stereocenters. The van der Waals surface area contributed by atoms with Gasteiger partial charge in [0, 0.05) is 0 Å². The monoisotopic (exact) mass is 822 g/mol. The van der Waals surface area contributed by atoms with Crippen LogP contribution in [-0.4, -0.2) is 13.4 Å². The van der Waals surface area contributed by atoms with Crippen LogP contribution in [0.5, 0.6) is 0 Å². The van der Waals surface area contributed by atoms with Crippen LogP contribution in [0.3, 0.4) is 0 Å². The zero-order valence-electron chi connectivity index (χ0n) is 30.8. The predicted molar refractivity (Wildman–Crippen MR) is 211 cm³/mol. The number of alkyl halides is 12. The number of benzene rings is 8. The maximum absolute atomic E-state index is 14.7. The largest absolute Gasteiger partial charge is 0.416 e. The molecule has 12 rings (SSSR count). The molecule has 0 bridgehead atoms. The van der Waals surface area contributed by atoms with Gasteiger partial charge in [0.05, 0.1) is 22.3 Å². The first-order valence-corrected chi connectivity index (χ1v) is 18.8. The zero-order chi connectivity index (χ0) is 42.1. The van der Waals surface area contributed by atoms with Crippen LogP contribution in [0.25, 0.3) is 76.8 Å². The normalized spacial score (nSPS) is 14.8. The Kier molecular flexibility index (Phi) is 6.41. The van der Waals surface area contributed by atoms with Gasteiger partial charge in [-0.25, -0.2) is 0 Å². The van der Waals surface area contributed by atoms with Gasteiger partial charge in [-0.05, 0) is 138 Å². The molecule has 0 atom stereocenters. The van der Waals surface area contributed by atoms with E-state index in [-0.39, 0.29) is 33.4 Å². The lowest BCUT2D eigenvalue weighted by Gasteiger charge is -2.32. The third-order valence-electron chi connectivity index (χ3n) is 13.3. The van der Waals surface area contributed by atoms with Crippen molar-refractivity contribution in [3.63, 3.8) is 0 Å². The summed E-state index contributed by atoms with van der Waals surface area (Å²) in [5.74, 6) is 0. The van der Waals surface area contributed by atoms with Crippen LogP contribution in [-0.2, 0) is 24.7 Å². The smallest absolute Gasteiger partial charge is 0.166 e. The summed E-state index contributed by atoms with van der Waals surface area (Å²) >= 11 is 0. The van der Waals surface area contributed by atoms with E-state index in [2.05, 4.69) is 0 Å². The Bertz CT molecular complexity index is 3130. The molecule has 0 fully saturated rings. The van der Waals surface area contributed by atoms with Crippen molar-refractivity contribution in [2.45, 2.75) is 38.6 Å². The Morgan fingerprint density at radius 3 is 0.967 bits per heavy atom. The molecule has 0 aromatic heterocycles. The average molecular weight is 822 g/mol. The van der Waals surface area contributed by atoms with E-state index < -0.39 is 60.4 Å². The number of hydrogen-bond donors (Lipinski definition) is 0. The second-order valence-corrected chi connectivity index (χ2v) is 16.4. The summed E-state index contributed by atoms with van der Waals surface area (Å²) in [5, 5.41) is 3.84. The van der Waals surface area contributed by atoms with E-state index in [9.17, 15) is 52.7 Å². The van der Waals surface area contributed by atoms with E-state index in [1.54, 1.807) is 26.0 Å². The third kappa shape index (κ3) is 4.38. The molecule has 8 aromatic rings. The minimum absolute atomic E-state index is 0.0491. The van der Waals surface area contributed by atoms with Gasteiger partial charge in [0.1, 0.15) is 0 Å². The molecule has 4 aliphatic heterocycles. The quantitative estimate of drug-likeness (QED) is 0.0812. The van der Waals surface area contributed by atoms with E-state index in [1.165, 1.54) is 12.1 Å². The lowest BCUT2D eigenvalue weighted by atomic mass is 9.34. The molecule has 0 amide bonds. The first kappa shape index (κ1) is 36.0. The lowest BCUT2D eigenvalue weighted by Crippen LogP contribution is -2.53. The fraction of sp³-hybridized carbons (Fsp3) is 0.130. The number of halogens is 12. The molecular weight excluding hydrogens is 802 g/mol. The van der Waals surface area contributed by atoms with E-state index in [4.69, 9.17) is 0 Å². The van der Waals surface area contributed by atoms with Gasteiger partial charge >= 0.3 is 24.7 Å². The molecule has 0 aliphatic carbocycles. The number of hydrogen-bond acceptors (Lipinski definition) is 0. The van der Waals surface area contributed by atoms with Crippen molar-refractivity contribution in [3.05, 3.63) is 118 Å². The fourth-order valence-electron chi connectivity index (χ4n) is 11.0. The molecule has 0 saturated heterocycles. The van der Waals surface area contributed by atoms with Crippen LogP contribution in [0.4, 0.5) is 52.7 Å². The van der Waals surface area contributed by atoms with Crippen molar-refractivity contribution in [1.82, 2.24) is 0 Å². The minimum Gasteiger partial charge on any atom is -0.166 e. The van der Waals surface area contributed by atoms with Crippen molar-refractivity contribution in [1.29, 1.82) is 0 Å². The Balaban J connectivity index is 1.24. The van der Waals surface area contributed by atoms with Crippen molar-refractivity contribution < 1.29 is 52.7 Å². The van der Waals surface area contributed by atoms with E-state index in [0.717, 1.165) is 48.5 Å². The predicted octanol–water partition coefficient (Wildman–Crippen LogP) is 10.2. The number of rotatable bonds is 0. The number of fused-ring (bicyclic) bond motifs is 10. The molecule has 14 heteroatoms. The van der Waals surface area contributed by atoms with Crippen LogP contribution in [0, 0.1) is 13.8 Å². The summed E-state index contributed by atoms with van der Waals surface area (Å²) in [6.45, 7) is 2.10. The highest BCUT2D eigenvalue weighted by Gasteiger charge is 2.48. The molecule has 0 spiro atoms. The summed E-state index contributed by atoms with van der Waals surface area (Å²) < 4.78 is 173. The second-order valence-electron chi connectivity index (χ2n) is 16.4. The van der Waals surface area contributed by atoms with Gasteiger partial charge in [-0.15, -0.1) is 0 Å². The highest BCUT2D eigenvalue weighted by atomic mass is 19.4. The first-order chi connectivity index (χ1) is 28.1. The van der Waals surface area contributed by atoms with E-state index in [1.807, 2.05) is 12.1 Å². The van der Waals surface area contributed by atoms with E-state index >= 15 is 0 Å². The van der Waals surface area contributed by atoms with Gasteiger partial charge in [0.25, 0.3) is 0 Å². The van der Waals surface area contributed by atoms with Crippen molar-refractivity contribution in [2.24, 2.45) is 0 Å². The van der Waals surface area contributed by atoms with Gasteiger partial charge in [-0.1, -0.05) is 81.3 Å². The van der Waals surface area contributed by atoms with Crippen LogP contribution < -0.4 is 32.8 Å². The fourth-order valence-corrected chi connectivity index (χ4v) is 11.0. The summed E-state index contributed by atoms with van der Waals surface area (Å²) in [6, 6.07) is 17.6. The van der Waals surface area contributed by atoms with E-state index in [0.29, 0.717) is 87.3 Å². The summed E-state index contributed by atoms with van der Waals surface area (Å²) in [4.78, 5) is 0. The third-order valence-corrected chi connectivity index (χ3v) is 13.3. The molecule has 0 radical (unpaired) electrons. The summed E-state index contributed by atoms with van der Waals surface area (Å²) in [6.07, 6.45) is -19.2. The Labute approximate surface area is 331 Å². The molecule has 0 nitrogen and oxygen atoms in total. The highest BCUT2D eigenvalue weighted by Crippen LogP contribution is 2.50. The van der Waals surface area contributed by atoms with Gasteiger partial charge < -0.3 is 0 Å². The first-order valence-electron chi connectivity index (χ1n) is 18.8. The molecule has 60 heavy (non-hydrogen) atoms. The van der Waals surface area contributed by atoms with Crippen molar-refractivity contribution in [3.8, 4) is 44.5 Å². The average Bonchev–Trinajstić information content (AvgIpc) is 3.68. The van der Waals surface area contributed by atoms with Crippen molar-refractivity contribution >= 4 is 78.5 Å². The van der Waals surface area contributed by atoms with Gasteiger partial charge in [0.2, 0.25) is 13.4 Å². The minimum atomic E-state index is -4.84. The topological polar surface area (TPSA) is 0 Å². The van der Waals surface area contributed by atoms with Gasteiger partial charge in [-0.3, -0.25) is 0 Å². The molecular formula is C46H20B2F12. The second kappa shape index (κ2) is 10.7. The highest BCUT2D eigenvalue weighted by molar-refractivity contribution is 7.03. The summed E-state index contributed by atoms with van der Waals surface area (Å²) in [5.41, 5.74) is 1.91. The molecule has 4 aliphatic rings. The van der Waals surface area contributed by atoms with Crippen LogP contribution in [0.15, 0.2) is 84.9 Å². The van der Waals surface area contributed by atoms with Crippen molar-refractivity contribution in [2.75, 3.05) is 0 Å². The number of aryl methyl sites for hydroxylation is 2. The summed E-state index contributed by atoms with van der Waals surface area (Å²) in [7, 11) is 0. The molecule has 8 aromatic carbocycles. The Hall–Kier alpha value is -5.91. The zero-order valence-corrected chi connectivity index (χ0v) is 30.8. The van der Waals surface area contributed by atoms with Crippen LogP contribution in [0.2, 0.25) is 0 Å². The molecule has 4 heterocycles. The lowest BCUT2D eigenvalue weighted by molar-refractivity contribution is -0.138. The van der Waals surface area contributed by atoms with Crippen LogP contribution in [0.1, 0.15) is 33.4 Å². The standard InChI is InChI=1S/C46H20B2F12/c1-17-7-27-31-13-21(45(55,56)57)11-29-25-9-20(44(52,53)54)4-6-34(25)48(41(29)31)36-16-24-18(2)8-28-32-14-22(46(58,59)60)12-30-26-10-19(43(49,50)51)3-5-33(26)47(42(30)32)35-15-23(17)39(37(27)36)40(24)38(28)35/h3-16H,1-2H3. The maximum atomic E-state index is 14.7. The molecule has 0 N–H and O–H groups in total. The maximum Gasteiger partial charge on any atom is 0.416 e. The molecule has 0 saturated carbocycles. The van der Waals surface area contributed by atoms with Crippen LogP contribution >= 0.6 is 0 Å². The van der Waals surface area contributed by atoms with Gasteiger partial charge in [-0.2, -0.15) is 52.7 Å². The Morgan fingerprint density at radius 1 is 0.317 bits per heavy atom. The SMILES string of the molecule is Cc1cc2c3c(cc4c(C)cc5c6c(cc1c3c46)B1c3ccc(C(F)(F)F)cc3-c3cc(C(F)(F)F)cc-5c31)B1c3ccc(C(F)(F)F)cc3-c3cc(C(F)(F)F)cc-2c31.